The van der Waals surface area contributed by atoms with Crippen LogP contribution in [-0.4, -0.2) is 22.0 Å². The summed E-state index contributed by atoms with van der Waals surface area (Å²) in [7, 11) is 0. The van der Waals surface area contributed by atoms with Gasteiger partial charge in [0.15, 0.2) is 0 Å². The summed E-state index contributed by atoms with van der Waals surface area (Å²) in [6, 6.07) is 26.7. The normalized spacial score (nSPS) is 12.2. The lowest BCUT2D eigenvalue weighted by atomic mass is 9.88. The standard InChI is InChI=1S/C28H22N2O3/c1-2-19(28(32)33)21-11-7-12-22-20-10-5-3-9-18(20)16-25(26(21)22)30-27(31)24-15-14-17-8-4-6-13-23(17)29-24/h3-16,19H,2H2,1H3,(H,30,31)(H,32,33). The Balaban J connectivity index is 1.69. The first-order chi connectivity index (χ1) is 16.1. The van der Waals surface area contributed by atoms with Crippen LogP contribution in [-0.2, 0) is 4.79 Å². The van der Waals surface area contributed by atoms with Gasteiger partial charge in [-0.15, -0.1) is 0 Å². The molecule has 162 valence electrons. The lowest BCUT2D eigenvalue weighted by Crippen LogP contribution is -2.16. The summed E-state index contributed by atoms with van der Waals surface area (Å²) in [5, 5.41) is 17.5. The zero-order chi connectivity index (χ0) is 22.9. The summed E-state index contributed by atoms with van der Waals surface area (Å²) in [5.41, 5.74) is 2.32. The highest BCUT2D eigenvalue weighted by atomic mass is 16.4. The van der Waals surface area contributed by atoms with E-state index in [9.17, 15) is 14.7 Å². The van der Waals surface area contributed by atoms with Crippen LogP contribution in [0.25, 0.3) is 32.4 Å². The van der Waals surface area contributed by atoms with E-state index in [0.29, 0.717) is 23.4 Å². The van der Waals surface area contributed by atoms with Crippen LogP contribution in [0, 0.1) is 0 Å². The number of amides is 1. The van der Waals surface area contributed by atoms with Crippen LogP contribution in [0.4, 0.5) is 5.69 Å². The van der Waals surface area contributed by atoms with E-state index in [1.54, 1.807) is 6.07 Å². The number of fused-ring (bicyclic) bond motifs is 4. The fourth-order valence-electron chi connectivity index (χ4n) is 4.49. The number of nitrogens with one attached hydrogen (secondary N) is 1. The summed E-state index contributed by atoms with van der Waals surface area (Å²) < 4.78 is 0. The number of nitrogens with zero attached hydrogens (tertiary/aromatic N) is 1. The van der Waals surface area contributed by atoms with E-state index in [2.05, 4.69) is 10.3 Å². The lowest BCUT2D eigenvalue weighted by Gasteiger charge is -2.18. The van der Waals surface area contributed by atoms with Crippen molar-refractivity contribution in [2.24, 2.45) is 0 Å². The smallest absolute Gasteiger partial charge is 0.310 e. The number of carboxylic acid groups (broad SMARTS) is 1. The van der Waals surface area contributed by atoms with Crippen LogP contribution in [0.2, 0.25) is 0 Å². The molecule has 0 bridgehead atoms. The molecule has 0 spiro atoms. The molecule has 5 nitrogen and oxygen atoms in total. The van der Waals surface area contributed by atoms with Crippen molar-refractivity contribution >= 4 is 50.0 Å². The molecule has 0 saturated heterocycles. The van der Waals surface area contributed by atoms with Crippen LogP contribution in [0.1, 0.15) is 35.3 Å². The Labute approximate surface area is 190 Å². The minimum Gasteiger partial charge on any atom is -0.481 e. The molecule has 5 rings (SSSR count). The molecule has 33 heavy (non-hydrogen) atoms. The maximum atomic E-state index is 13.2. The molecule has 0 aliphatic rings. The van der Waals surface area contributed by atoms with Crippen molar-refractivity contribution in [2.75, 3.05) is 5.32 Å². The SMILES string of the molecule is CCC(C(=O)O)c1cccc2c1c(NC(=O)c1ccc3ccccc3n1)cc1ccccc12. The zero-order valence-electron chi connectivity index (χ0n) is 18.1. The topological polar surface area (TPSA) is 79.3 Å². The highest BCUT2D eigenvalue weighted by molar-refractivity contribution is 6.18. The van der Waals surface area contributed by atoms with Crippen LogP contribution >= 0.6 is 0 Å². The minimum absolute atomic E-state index is 0.303. The molecule has 5 aromatic rings. The Kier molecular flexibility index (Phi) is 5.23. The van der Waals surface area contributed by atoms with E-state index in [0.717, 1.165) is 32.4 Å². The highest BCUT2D eigenvalue weighted by Gasteiger charge is 2.23. The summed E-state index contributed by atoms with van der Waals surface area (Å²) in [6.07, 6.45) is 0.445. The Morgan fingerprint density at radius 3 is 2.39 bits per heavy atom. The van der Waals surface area contributed by atoms with Crippen molar-refractivity contribution in [1.82, 2.24) is 4.98 Å². The van der Waals surface area contributed by atoms with Gasteiger partial charge in [-0.2, -0.15) is 0 Å². The first kappa shape index (κ1) is 20.6. The molecule has 0 aliphatic carbocycles. The first-order valence-corrected chi connectivity index (χ1v) is 10.9. The average molecular weight is 434 g/mol. The molecule has 0 aliphatic heterocycles. The van der Waals surface area contributed by atoms with Crippen molar-refractivity contribution in [3.63, 3.8) is 0 Å². The van der Waals surface area contributed by atoms with Crippen molar-refractivity contribution in [3.8, 4) is 0 Å². The number of pyridine rings is 1. The second-order valence-electron chi connectivity index (χ2n) is 8.06. The molecule has 4 aromatic carbocycles. The van der Waals surface area contributed by atoms with Crippen molar-refractivity contribution in [2.45, 2.75) is 19.3 Å². The largest absolute Gasteiger partial charge is 0.481 e. The Morgan fingerprint density at radius 1 is 0.879 bits per heavy atom. The summed E-state index contributed by atoms with van der Waals surface area (Å²) >= 11 is 0. The Hall–Kier alpha value is -4.25. The number of aliphatic carboxylic acids is 1. The Morgan fingerprint density at radius 2 is 1.61 bits per heavy atom. The molecule has 1 amide bonds. The third-order valence-corrected chi connectivity index (χ3v) is 6.08. The van der Waals surface area contributed by atoms with Gasteiger partial charge in [0.1, 0.15) is 5.69 Å². The van der Waals surface area contributed by atoms with Crippen molar-refractivity contribution in [1.29, 1.82) is 0 Å². The van der Waals surface area contributed by atoms with E-state index in [1.807, 2.05) is 85.8 Å². The van der Waals surface area contributed by atoms with E-state index in [-0.39, 0.29) is 5.91 Å². The molecule has 1 heterocycles. The Bertz CT molecular complexity index is 1540. The second kappa shape index (κ2) is 8.36. The predicted molar refractivity (Wildman–Crippen MR) is 132 cm³/mol. The maximum Gasteiger partial charge on any atom is 0.310 e. The number of carboxylic acids is 1. The van der Waals surface area contributed by atoms with Crippen LogP contribution < -0.4 is 5.32 Å². The maximum absolute atomic E-state index is 13.2. The number of aromatic nitrogens is 1. The minimum atomic E-state index is -0.883. The number of hydrogen-bond acceptors (Lipinski definition) is 3. The molecule has 0 fully saturated rings. The number of carbonyl (C=O) groups is 2. The average Bonchev–Trinajstić information content (AvgIpc) is 2.84. The van der Waals surface area contributed by atoms with Gasteiger partial charge in [-0.3, -0.25) is 9.59 Å². The fraction of sp³-hybridized carbons (Fsp3) is 0.107. The zero-order valence-corrected chi connectivity index (χ0v) is 18.1. The van der Waals surface area contributed by atoms with Crippen LogP contribution in [0.15, 0.2) is 84.9 Å². The highest BCUT2D eigenvalue weighted by Crippen LogP contribution is 2.38. The number of hydrogen-bond donors (Lipinski definition) is 2. The van der Waals surface area contributed by atoms with Gasteiger partial charge in [-0.05, 0) is 46.3 Å². The monoisotopic (exact) mass is 434 g/mol. The molecule has 1 unspecified atom stereocenters. The molecular formula is C28H22N2O3. The molecular weight excluding hydrogens is 412 g/mol. The third-order valence-electron chi connectivity index (χ3n) is 6.08. The van der Waals surface area contributed by atoms with Gasteiger partial charge < -0.3 is 10.4 Å². The van der Waals surface area contributed by atoms with Crippen LogP contribution in [0.3, 0.4) is 0 Å². The molecule has 5 heteroatoms. The second-order valence-corrected chi connectivity index (χ2v) is 8.06. The number of carbonyl (C=O) groups excluding carboxylic acids is 1. The molecule has 2 N–H and O–H groups in total. The molecule has 0 radical (unpaired) electrons. The molecule has 1 atom stereocenters. The fourth-order valence-corrected chi connectivity index (χ4v) is 4.49. The van der Waals surface area contributed by atoms with Gasteiger partial charge in [0.25, 0.3) is 5.91 Å². The summed E-state index contributed by atoms with van der Waals surface area (Å²) in [5.74, 6) is -1.90. The van der Waals surface area contributed by atoms with Gasteiger partial charge in [-0.1, -0.05) is 73.7 Å². The van der Waals surface area contributed by atoms with E-state index in [1.165, 1.54) is 0 Å². The van der Waals surface area contributed by atoms with Gasteiger partial charge in [0, 0.05) is 16.5 Å². The molecule has 1 aromatic heterocycles. The predicted octanol–water partition coefficient (Wildman–Crippen LogP) is 6.37. The molecule has 0 saturated carbocycles. The van der Waals surface area contributed by atoms with Crippen molar-refractivity contribution in [3.05, 3.63) is 96.2 Å². The lowest BCUT2D eigenvalue weighted by molar-refractivity contribution is -0.138. The quantitative estimate of drug-likeness (QED) is 0.315. The van der Waals surface area contributed by atoms with Gasteiger partial charge in [0.2, 0.25) is 0 Å². The van der Waals surface area contributed by atoms with E-state index >= 15 is 0 Å². The van der Waals surface area contributed by atoms with E-state index in [4.69, 9.17) is 0 Å². The van der Waals surface area contributed by atoms with Gasteiger partial charge in [-0.25, -0.2) is 4.98 Å². The third kappa shape index (κ3) is 3.68. The van der Waals surface area contributed by atoms with Crippen LogP contribution in [0.5, 0.6) is 0 Å². The number of rotatable bonds is 5. The van der Waals surface area contributed by atoms with Gasteiger partial charge in [0.05, 0.1) is 11.4 Å². The van der Waals surface area contributed by atoms with Gasteiger partial charge >= 0.3 is 5.97 Å². The first-order valence-electron chi connectivity index (χ1n) is 10.9. The van der Waals surface area contributed by atoms with E-state index < -0.39 is 11.9 Å². The summed E-state index contributed by atoms with van der Waals surface area (Å²) in [6.45, 7) is 1.86. The number of benzene rings is 4. The number of para-hydroxylation sites is 1. The number of anilines is 1. The van der Waals surface area contributed by atoms with Crippen molar-refractivity contribution < 1.29 is 14.7 Å². The summed E-state index contributed by atoms with van der Waals surface area (Å²) in [4.78, 5) is 29.8.